The third-order valence-corrected chi connectivity index (χ3v) is 4.78. The van der Waals surface area contributed by atoms with E-state index >= 15 is 0 Å². The minimum atomic E-state index is -4.33. The molecule has 2 rings (SSSR count). The molecule has 0 aliphatic carbocycles. The summed E-state index contributed by atoms with van der Waals surface area (Å²) >= 11 is 0. The van der Waals surface area contributed by atoms with E-state index in [0.29, 0.717) is 25.3 Å². The van der Waals surface area contributed by atoms with Crippen LogP contribution in [-0.4, -0.2) is 44.2 Å². The Bertz CT molecular complexity index is 593. The van der Waals surface area contributed by atoms with Crippen molar-refractivity contribution in [2.24, 2.45) is 0 Å². The van der Waals surface area contributed by atoms with Crippen molar-refractivity contribution in [2.75, 3.05) is 37.6 Å². The number of rotatable bonds is 5. The standard InChI is InChI=1S/C18H26F3N3O/c1-4-17(2,3)22-16(25)13-23-8-10-24(11-9-23)15-7-5-6-14(12-15)18(19,20)21/h5-7,12H,4,8-11,13H2,1-3H3,(H,22,25)/p+1. The number of nitrogens with one attached hydrogen (secondary N) is 2. The predicted molar refractivity (Wildman–Crippen MR) is 91.7 cm³/mol. The minimum absolute atomic E-state index is 0.0226. The molecular weight excluding hydrogens is 331 g/mol. The Labute approximate surface area is 147 Å². The number of halogens is 3. The number of benzene rings is 1. The Morgan fingerprint density at radius 1 is 1.24 bits per heavy atom. The fourth-order valence-electron chi connectivity index (χ4n) is 2.87. The topological polar surface area (TPSA) is 36.8 Å². The number of quaternary nitrogens is 1. The maximum Gasteiger partial charge on any atom is 0.416 e. The molecule has 140 valence electrons. The molecule has 0 aromatic heterocycles. The number of alkyl halides is 3. The molecule has 25 heavy (non-hydrogen) atoms. The Morgan fingerprint density at radius 2 is 1.88 bits per heavy atom. The van der Waals surface area contributed by atoms with E-state index in [2.05, 4.69) is 5.32 Å². The Hall–Kier alpha value is -1.76. The molecule has 1 aliphatic heterocycles. The number of anilines is 1. The van der Waals surface area contributed by atoms with Gasteiger partial charge in [-0.1, -0.05) is 13.0 Å². The van der Waals surface area contributed by atoms with Gasteiger partial charge in [0.25, 0.3) is 5.91 Å². The number of hydrogen-bond acceptors (Lipinski definition) is 2. The number of carbonyl (C=O) groups is 1. The van der Waals surface area contributed by atoms with Crippen LogP contribution in [0.2, 0.25) is 0 Å². The van der Waals surface area contributed by atoms with Gasteiger partial charge in [-0.15, -0.1) is 0 Å². The van der Waals surface area contributed by atoms with Crippen LogP contribution in [0.4, 0.5) is 18.9 Å². The van der Waals surface area contributed by atoms with Crippen LogP contribution in [0.15, 0.2) is 24.3 Å². The Kier molecular flexibility index (Phi) is 5.98. The van der Waals surface area contributed by atoms with Crippen molar-refractivity contribution in [1.82, 2.24) is 5.32 Å². The summed E-state index contributed by atoms with van der Waals surface area (Å²) in [6.07, 6.45) is -3.47. The lowest BCUT2D eigenvalue weighted by molar-refractivity contribution is -0.892. The Balaban J connectivity index is 1.89. The second-order valence-electron chi connectivity index (χ2n) is 7.25. The summed E-state index contributed by atoms with van der Waals surface area (Å²) in [5.74, 6) is 0.0226. The molecule has 0 radical (unpaired) electrons. The minimum Gasteiger partial charge on any atom is -0.360 e. The molecule has 1 aromatic rings. The van der Waals surface area contributed by atoms with Crippen LogP contribution >= 0.6 is 0 Å². The van der Waals surface area contributed by atoms with Crippen LogP contribution < -0.4 is 15.1 Å². The van der Waals surface area contributed by atoms with E-state index in [1.54, 1.807) is 6.07 Å². The van der Waals surface area contributed by atoms with Gasteiger partial charge in [-0.25, -0.2) is 0 Å². The average Bonchev–Trinajstić information content (AvgIpc) is 2.54. The number of piperazine rings is 1. The first-order valence-electron chi connectivity index (χ1n) is 8.67. The molecular formula is C18H27F3N3O+. The molecule has 0 unspecified atom stereocenters. The highest BCUT2D eigenvalue weighted by molar-refractivity contribution is 5.77. The van der Waals surface area contributed by atoms with Crippen molar-refractivity contribution < 1.29 is 22.9 Å². The van der Waals surface area contributed by atoms with E-state index in [1.807, 2.05) is 25.7 Å². The van der Waals surface area contributed by atoms with E-state index in [0.717, 1.165) is 30.5 Å². The predicted octanol–water partition coefficient (Wildman–Crippen LogP) is 1.72. The molecule has 4 nitrogen and oxygen atoms in total. The van der Waals surface area contributed by atoms with Gasteiger partial charge in [-0.2, -0.15) is 13.2 Å². The SMILES string of the molecule is CCC(C)(C)NC(=O)C[NH+]1CCN(c2cccc(C(F)(F)F)c2)CC1. The van der Waals surface area contributed by atoms with Crippen LogP contribution in [0, 0.1) is 0 Å². The van der Waals surface area contributed by atoms with Crippen LogP contribution in [0.3, 0.4) is 0 Å². The van der Waals surface area contributed by atoms with Crippen LogP contribution in [0.5, 0.6) is 0 Å². The fraction of sp³-hybridized carbons (Fsp3) is 0.611. The zero-order chi connectivity index (χ0) is 18.7. The summed E-state index contributed by atoms with van der Waals surface area (Å²) in [6.45, 7) is 9.16. The molecule has 7 heteroatoms. The molecule has 0 bridgehead atoms. The second kappa shape index (κ2) is 7.64. The normalized spacial score (nSPS) is 16.8. The highest BCUT2D eigenvalue weighted by Gasteiger charge is 2.31. The third-order valence-electron chi connectivity index (χ3n) is 4.78. The fourth-order valence-corrected chi connectivity index (χ4v) is 2.87. The first-order valence-corrected chi connectivity index (χ1v) is 8.67. The zero-order valence-electron chi connectivity index (χ0n) is 15.0. The summed E-state index contributed by atoms with van der Waals surface area (Å²) in [4.78, 5) is 15.2. The van der Waals surface area contributed by atoms with E-state index in [4.69, 9.17) is 0 Å². The van der Waals surface area contributed by atoms with Crippen LogP contribution in [-0.2, 0) is 11.0 Å². The molecule has 0 saturated carbocycles. The van der Waals surface area contributed by atoms with Gasteiger partial charge in [0.05, 0.1) is 31.7 Å². The first-order chi connectivity index (χ1) is 11.6. The summed E-state index contributed by atoms with van der Waals surface area (Å²) < 4.78 is 38.5. The second-order valence-corrected chi connectivity index (χ2v) is 7.25. The quantitative estimate of drug-likeness (QED) is 0.841. The lowest BCUT2D eigenvalue weighted by Gasteiger charge is -2.34. The highest BCUT2D eigenvalue weighted by atomic mass is 19.4. The van der Waals surface area contributed by atoms with E-state index in [9.17, 15) is 18.0 Å². The van der Waals surface area contributed by atoms with Gasteiger partial charge in [-0.05, 0) is 38.5 Å². The summed E-state index contributed by atoms with van der Waals surface area (Å²) in [6, 6.07) is 5.43. The molecule has 1 aromatic carbocycles. The van der Waals surface area contributed by atoms with Crippen molar-refractivity contribution in [2.45, 2.75) is 38.9 Å². The number of nitrogens with zero attached hydrogens (tertiary/aromatic N) is 1. The highest BCUT2D eigenvalue weighted by Crippen LogP contribution is 2.31. The lowest BCUT2D eigenvalue weighted by Crippen LogP contribution is -3.16. The van der Waals surface area contributed by atoms with Crippen molar-refractivity contribution in [3.63, 3.8) is 0 Å². The van der Waals surface area contributed by atoms with Gasteiger partial charge in [0.15, 0.2) is 6.54 Å². The number of hydrogen-bond donors (Lipinski definition) is 2. The summed E-state index contributed by atoms with van der Waals surface area (Å²) in [5.41, 5.74) is -0.248. The van der Waals surface area contributed by atoms with Crippen molar-refractivity contribution in [1.29, 1.82) is 0 Å². The van der Waals surface area contributed by atoms with Gasteiger partial charge in [-0.3, -0.25) is 4.79 Å². The zero-order valence-corrected chi connectivity index (χ0v) is 15.0. The van der Waals surface area contributed by atoms with Crippen molar-refractivity contribution >= 4 is 11.6 Å². The molecule has 2 N–H and O–H groups in total. The van der Waals surface area contributed by atoms with Gasteiger partial charge in [0.1, 0.15) is 0 Å². The summed E-state index contributed by atoms with van der Waals surface area (Å²) in [7, 11) is 0. The third kappa shape index (κ3) is 5.63. The van der Waals surface area contributed by atoms with Crippen LogP contribution in [0.1, 0.15) is 32.8 Å². The molecule has 1 saturated heterocycles. The molecule has 1 heterocycles. The van der Waals surface area contributed by atoms with E-state index in [-0.39, 0.29) is 11.4 Å². The molecule has 1 aliphatic rings. The van der Waals surface area contributed by atoms with Crippen molar-refractivity contribution in [3.05, 3.63) is 29.8 Å². The van der Waals surface area contributed by atoms with Gasteiger partial charge in [0.2, 0.25) is 0 Å². The number of amides is 1. The van der Waals surface area contributed by atoms with E-state index < -0.39 is 11.7 Å². The largest absolute Gasteiger partial charge is 0.416 e. The maximum absolute atomic E-state index is 12.8. The molecule has 1 fully saturated rings. The Morgan fingerprint density at radius 3 is 2.44 bits per heavy atom. The van der Waals surface area contributed by atoms with Gasteiger partial charge >= 0.3 is 6.18 Å². The first kappa shape index (κ1) is 19.6. The molecule has 1 amide bonds. The smallest absolute Gasteiger partial charge is 0.360 e. The lowest BCUT2D eigenvalue weighted by atomic mass is 10.0. The molecule has 0 atom stereocenters. The maximum atomic E-state index is 12.8. The van der Waals surface area contributed by atoms with Crippen LogP contribution in [0.25, 0.3) is 0 Å². The number of carbonyl (C=O) groups excluding carboxylic acids is 1. The molecule has 0 spiro atoms. The van der Waals surface area contributed by atoms with Gasteiger partial charge in [0, 0.05) is 11.2 Å². The summed E-state index contributed by atoms with van der Waals surface area (Å²) in [5, 5.41) is 3.02. The van der Waals surface area contributed by atoms with Gasteiger partial charge < -0.3 is 15.1 Å². The van der Waals surface area contributed by atoms with Crippen molar-refractivity contribution in [3.8, 4) is 0 Å². The monoisotopic (exact) mass is 358 g/mol. The van der Waals surface area contributed by atoms with E-state index in [1.165, 1.54) is 12.1 Å². The average molecular weight is 358 g/mol.